The van der Waals surface area contributed by atoms with Crippen molar-refractivity contribution in [3.8, 4) is 11.4 Å². The summed E-state index contributed by atoms with van der Waals surface area (Å²) in [7, 11) is 0. The third-order valence-electron chi connectivity index (χ3n) is 1.81. The molecular weight excluding hydrogens is 343 g/mol. The second kappa shape index (κ2) is 4.60. The lowest BCUT2D eigenvalue weighted by atomic mass is 10.2. The first-order valence-corrected chi connectivity index (χ1v) is 6.07. The molecule has 2 aromatic rings. The van der Waals surface area contributed by atoms with Gasteiger partial charge >= 0.3 is 0 Å². The molecule has 0 radical (unpaired) electrons. The molecule has 2 rings (SSSR count). The van der Waals surface area contributed by atoms with Crippen molar-refractivity contribution in [3.63, 3.8) is 0 Å². The van der Waals surface area contributed by atoms with Gasteiger partial charge in [0.1, 0.15) is 0 Å². The first-order chi connectivity index (χ1) is 7.18. The molecule has 0 saturated carbocycles. The minimum Gasteiger partial charge on any atom is -0.237 e. The number of benzene rings is 1. The number of hydrogen-bond donors (Lipinski definition) is 0. The zero-order chi connectivity index (χ0) is 10.8. The smallest absolute Gasteiger partial charge is 0.159 e. The van der Waals surface area contributed by atoms with Crippen molar-refractivity contribution in [2.45, 2.75) is 0 Å². The Balaban J connectivity index is 2.56. The first kappa shape index (κ1) is 11.0. The maximum absolute atomic E-state index is 6.00. The molecule has 0 atom stereocenters. The average Bonchev–Trinajstić information content (AvgIpc) is 2.26. The fourth-order valence-corrected chi connectivity index (χ4v) is 2.43. The Morgan fingerprint density at radius 3 is 2.07 bits per heavy atom. The van der Waals surface area contributed by atoms with Crippen LogP contribution in [-0.4, -0.2) is 9.97 Å². The summed E-state index contributed by atoms with van der Waals surface area (Å²) < 4.78 is 1.64. The highest BCUT2D eigenvalue weighted by molar-refractivity contribution is 9.11. The molecule has 0 amide bonds. The molecule has 0 unspecified atom stereocenters. The van der Waals surface area contributed by atoms with Crippen LogP contribution >= 0.6 is 43.5 Å². The van der Waals surface area contributed by atoms with E-state index in [4.69, 9.17) is 11.6 Å². The summed E-state index contributed by atoms with van der Waals surface area (Å²) in [5.41, 5.74) is 0.916. The molecular formula is C10H5Br2ClN2. The lowest BCUT2D eigenvalue weighted by molar-refractivity contribution is 1.17. The number of halogens is 3. The van der Waals surface area contributed by atoms with E-state index in [1.165, 1.54) is 0 Å². The largest absolute Gasteiger partial charge is 0.237 e. The molecule has 76 valence electrons. The van der Waals surface area contributed by atoms with Gasteiger partial charge in [-0.1, -0.05) is 11.6 Å². The summed E-state index contributed by atoms with van der Waals surface area (Å²) in [5.74, 6) is 0.676. The molecule has 0 aliphatic carbocycles. The lowest BCUT2D eigenvalue weighted by Crippen LogP contribution is -1.87. The summed E-state index contributed by atoms with van der Waals surface area (Å²) in [5, 5.41) is 0.648. The van der Waals surface area contributed by atoms with E-state index in [1.807, 2.05) is 12.1 Å². The highest BCUT2D eigenvalue weighted by atomic mass is 79.9. The van der Waals surface area contributed by atoms with E-state index >= 15 is 0 Å². The zero-order valence-electron chi connectivity index (χ0n) is 7.42. The third kappa shape index (κ3) is 2.38. The van der Waals surface area contributed by atoms with Gasteiger partial charge in [0.2, 0.25) is 0 Å². The number of rotatable bonds is 1. The predicted octanol–water partition coefficient (Wildman–Crippen LogP) is 4.32. The van der Waals surface area contributed by atoms with Gasteiger partial charge in [-0.15, -0.1) is 0 Å². The number of hydrogen-bond acceptors (Lipinski definition) is 2. The van der Waals surface area contributed by atoms with Crippen LogP contribution in [0.4, 0.5) is 0 Å². The molecule has 0 spiro atoms. The van der Waals surface area contributed by atoms with Crippen molar-refractivity contribution >= 4 is 43.5 Å². The van der Waals surface area contributed by atoms with Gasteiger partial charge in [-0.25, -0.2) is 9.97 Å². The second-order valence-corrected chi connectivity index (χ2v) is 4.91. The summed E-state index contributed by atoms with van der Waals surface area (Å²) in [6, 6.07) is 5.56. The fourth-order valence-electron chi connectivity index (χ4n) is 1.13. The summed E-state index contributed by atoms with van der Waals surface area (Å²) >= 11 is 12.8. The summed E-state index contributed by atoms with van der Waals surface area (Å²) in [4.78, 5) is 8.33. The van der Waals surface area contributed by atoms with Crippen molar-refractivity contribution in [2.24, 2.45) is 0 Å². The van der Waals surface area contributed by atoms with E-state index in [1.54, 1.807) is 18.5 Å². The Hall–Kier alpha value is -0.450. The van der Waals surface area contributed by atoms with Crippen LogP contribution in [0.3, 0.4) is 0 Å². The van der Waals surface area contributed by atoms with Crippen LogP contribution in [0, 0.1) is 0 Å². The molecule has 5 heteroatoms. The van der Waals surface area contributed by atoms with Crippen LogP contribution in [0.2, 0.25) is 5.02 Å². The van der Waals surface area contributed by atoms with Gasteiger partial charge in [0.25, 0.3) is 0 Å². The van der Waals surface area contributed by atoms with Crippen LogP contribution in [0.1, 0.15) is 0 Å². The minimum absolute atomic E-state index is 0.648. The van der Waals surface area contributed by atoms with E-state index in [0.717, 1.165) is 14.5 Å². The Morgan fingerprint density at radius 2 is 1.53 bits per heavy atom. The lowest BCUT2D eigenvalue weighted by Gasteiger charge is -2.04. The number of nitrogens with zero attached hydrogens (tertiary/aromatic N) is 2. The molecule has 0 aliphatic heterocycles. The van der Waals surface area contributed by atoms with Crippen LogP contribution in [0.15, 0.2) is 39.5 Å². The zero-order valence-corrected chi connectivity index (χ0v) is 11.3. The van der Waals surface area contributed by atoms with Crippen molar-refractivity contribution in [1.29, 1.82) is 0 Å². The van der Waals surface area contributed by atoms with E-state index in [9.17, 15) is 0 Å². The second-order valence-electron chi connectivity index (χ2n) is 2.83. The van der Waals surface area contributed by atoms with Crippen molar-refractivity contribution in [2.75, 3.05) is 0 Å². The summed E-state index contributed by atoms with van der Waals surface area (Å²) in [6.07, 6.45) is 3.41. The van der Waals surface area contributed by atoms with Gasteiger partial charge < -0.3 is 0 Å². The predicted molar refractivity (Wildman–Crippen MR) is 67.9 cm³/mol. The summed E-state index contributed by atoms with van der Waals surface area (Å²) in [6.45, 7) is 0. The molecule has 0 saturated heterocycles. The Labute approximate surface area is 109 Å². The molecule has 2 nitrogen and oxygen atoms in total. The Morgan fingerprint density at radius 1 is 1.00 bits per heavy atom. The molecule has 1 heterocycles. The molecule has 0 aliphatic rings. The molecule has 1 aromatic carbocycles. The molecule has 0 N–H and O–H groups in total. The van der Waals surface area contributed by atoms with Crippen LogP contribution < -0.4 is 0 Å². The van der Waals surface area contributed by atoms with Gasteiger partial charge in [0.15, 0.2) is 5.82 Å². The highest BCUT2D eigenvalue weighted by Crippen LogP contribution is 2.34. The van der Waals surface area contributed by atoms with Crippen LogP contribution in [0.25, 0.3) is 11.4 Å². The maximum atomic E-state index is 6.00. The normalized spacial score (nSPS) is 10.3. The fraction of sp³-hybridized carbons (Fsp3) is 0. The molecule has 1 aromatic heterocycles. The maximum Gasteiger partial charge on any atom is 0.159 e. The molecule has 0 bridgehead atoms. The van der Waals surface area contributed by atoms with E-state index in [2.05, 4.69) is 41.8 Å². The Bertz CT molecular complexity index is 465. The van der Waals surface area contributed by atoms with Crippen molar-refractivity contribution < 1.29 is 0 Å². The molecule has 15 heavy (non-hydrogen) atoms. The monoisotopic (exact) mass is 346 g/mol. The SMILES string of the molecule is Clc1c(Br)cc(-c2ncccn2)cc1Br. The van der Waals surface area contributed by atoms with Gasteiger partial charge in [-0.2, -0.15) is 0 Å². The Kier molecular flexibility index (Phi) is 3.38. The van der Waals surface area contributed by atoms with Gasteiger partial charge in [-0.05, 0) is 50.1 Å². The highest BCUT2D eigenvalue weighted by Gasteiger charge is 2.07. The van der Waals surface area contributed by atoms with Crippen LogP contribution in [0.5, 0.6) is 0 Å². The van der Waals surface area contributed by atoms with Gasteiger partial charge in [0.05, 0.1) is 5.02 Å². The first-order valence-electron chi connectivity index (χ1n) is 4.10. The van der Waals surface area contributed by atoms with E-state index < -0.39 is 0 Å². The van der Waals surface area contributed by atoms with Crippen molar-refractivity contribution in [3.05, 3.63) is 44.6 Å². The standard InChI is InChI=1S/C10H5Br2ClN2/c11-7-4-6(5-8(12)9(7)13)10-14-2-1-3-15-10/h1-5H. The van der Waals surface area contributed by atoms with E-state index in [0.29, 0.717) is 10.8 Å². The molecule has 0 fully saturated rings. The number of aromatic nitrogens is 2. The van der Waals surface area contributed by atoms with Crippen molar-refractivity contribution in [1.82, 2.24) is 9.97 Å². The quantitative estimate of drug-likeness (QED) is 0.717. The van der Waals surface area contributed by atoms with E-state index in [-0.39, 0.29) is 0 Å². The topological polar surface area (TPSA) is 25.8 Å². The van der Waals surface area contributed by atoms with Gasteiger partial charge in [0, 0.05) is 26.9 Å². The third-order valence-corrected chi connectivity index (χ3v) is 3.92. The van der Waals surface area contributed by atoms with Gasteiger partial charge in [-0.3, -0.25) is 0 Å². The van der Waals surface area contributed by atoms with Crippen LogP contribution in [-0.2, 0) is 0 Å². The minimum atomic E-state index is 0.648. The average molecular weight is 348 g/mol.